The zero-order chi connectivity index (χ0) is 14.9. The first-order chi connectivity index (χ1) is 10.0. The van der Waals surface area contributed by atoms with Crippen LogP contribution in [0.15, 0.2) is 24.5 Å². The highest BCUT2D eigenvalue weighted by molar-refractivity contribution is 7.91. The fraction of sp³-hybridized carbons (Fsp3) is 0.417. The van der Waals surface area contributed by atoms with E-state index in [0.717, 1.165) is 0 Å². The standard InChI is InChI=1S/C12H14FN5O2S/c13-11-4-3-10(18-8-14-16-17-18)6-12(11)15-9-2-1-5-21(19,20)7-9/h3-4,6,8-9,15H,1-2,5,7H2. The number of tetrazole rings is 1. The topological polar surface area (TPSA) is 89.8 Å². The molecule has 0 spiro atoms. The van der Waals surface area contributed by atoms with Crippen molar-refractivity contribution in [3.05, 3.63) is 30.3 Å². The van der Waals surface area contributed by atoms with E-state index in [-0.39, 0.29) is 23.2 Å². The molecule has 1 fully saturated rings. The van der Waals surface area contributed by atoms with Gasteiger partial charge >= 0.3 is 0 Å². The fourth-order valence-corrected chi connectivity index (χ4v) is 4.04. The Morgan fingerprint density at radius 3 is 2.95 bits per heavy atom. The zero-order valence-corrected chi connectivity index (χ0v) is 11.9. The van der Waals surface area contributed by atoms with E-state index < -0.39 is 15.7 Å². The number of hydrogen-bond acceptors (Lipinski definition) is 6. The molecule has 0 saturated carbocycles. The third kappa shape index (κ3) is 3.18. The second kappa shape index (κ2) is 5.40. The van der Waals surface area contributed by atoms with Crippen LogP contribution in [0.1, 0.15) is 12.8 Å². The summed E-state index contributed by atoms with van der Waals surface area (Å²) in [6, 6.07) is 4.14. The lowest BCUT2D eigenvalue weighted by Gasteiger charge is -2.24. The number of rotatable bonds is 3. The van der Waals surface area contributed by atoms with E-state index >= 15 is 0 Å². The lowest BCUT2D eigenvalue weighted by Crippen LogP contribution is -2.35. The van der Waals surface area contributed by atoms with Gasteiger partial charge in [-0.1, -0.05) is 0 Å². The Kier molecular flexibility index (Phi) is 3.58. The molecule has 3 rings (SSSR count). The summed E-state index contributed by atoms with van der Waals surface area (Å²) in [7, 11) is -3.04. The van der Waals surface area contributed by atoms with Crippen LogP contribution >= 0.6 is 0 Å². The fourth-order valence-electron chi connectivity index (χ4n) is 2.40. The van der Waals surface area contributed by atoms with E-state index in [9.17, 15) is 12.8 Å². The van der Waals surface area contributed by atoms with Crippen LogP contribution in [0.2, 0.25) is 0 Å². The molecule has 21 heavy (non-hydrogen) atoms. The van der Waals surface area contributed by atoms with Crippen LogP contribution in [-0.2, 0) is 9.84 Å². The van der Waals surface area contributed by atoms with Crippen molar-refractivity contribution in [3.63, 3.8) is 0 Å². The number of halogens is 1. The maximum Gasteiger partial charge on any atom is 0.152 e. The second-order valence-corrected chi connectivity index (χ2v) is 7.25. The van der Waals surface area contributed by atoms with Crippen LogP contribution in [0.4, 0.5) is 10.1 Å². The van der Waals surface area contributed by atoms with Crippen molar-refractivity contribution in [1.82, 2.24) is 20.2 Å². The van der Waals surface area contributed by atoms with Crippen LogP contribution in [0.5, 0.6) is 0 Å². The largest absolute Gasteiger partial charge is 0.379 e. The maximum absolute atomic E-state index is 13.9. The molecule has 1 aliphatic heterocycles. The highest BCUT2D eigenvalue weighted by atomic mass is 32.2. The van der Waals surface area contributed by atoms with Gasteiger partial charge in [0.2, 0.25) is 0 Å². The molecule has 2 heterocycles. The minimum absolute atomic E-state index is 0.0293. The molecule has 0 radical (unpaired) electrons. The first kappa shape index (κ1) is 13.9. The molecular weight excluding hydrogens is 297 g/mol. The van der Waals surface area contributed by atoms with Gasteiger partial charge in [-0.15, -0.1) is 5.10 Å². The van der Waals surface area contributed by atoms with E-state index in [1.165, 1.54) is 17.1 Å². The zero-order valence-electron chi connectivity index (χ0n) is 11.1. The number of sulfone groups is 1. The van der Waals surface area contributed by atoms with Gasteiger partial charge in [-0.25, -0.2) is 17.5 Å². The molecule has 1 saturated heterocycles. The first-order valence-electron chi connectivity index (χ1n) is 6.53. The van der Waals surface area contributed by atoms with Crippen LogP contribution in [-0.4, -0.2) is 46.2 Å². The molecule has 1 aliphatic rings. The lowest BCUT2D eigenvalue weighted by atomic mass is 10.1. The Labute approximate surface area is 121 Å². The smallest absolute Gasteiger partial charge is 0.152 e. The third-order valence-electron chi connectivity index (χ3n) is 3.39. The highest BCUT2D eigenvalue weighted by Gasteiger charge is 2.25. The monoisotopic (exact) mass is 311 g/mol. The van der Waals surface area contributed by atoms with Gasteiger partial charge in [-0.3, -0.25) is 0 Å². The third-order valence-corrected chi connectivity index (χ3v) is 5.21. The summed E-state index contributed by atoms with van der Waals surface area (Å²) in [6.45, 7) is 0. The highest BCUT2D eigenvalue weighted by Crippen LogP contribution is 2.22. The number of nitrogens with one attached hydrogen (secondary N) is 1. The SMILES string of the molecule is O=S1(=O)CCCC(Nc2cc(-n3cnnn3)ccc2F)C1. The number of nitrogens with zero attached hydrogens (tertiary/aromatic N) is 4. The molecule has 1 unspecified atom stereocenters. The van der Waals surface area contributed by atoms with Gasteiger partial charge in [-0.2, -0.15) is 0 Å². The summed E-state index contributed by atoms with van der Waals surface area (Å²) in [4.78, 5) is 0. The molecule has 1 aromatic carbocycles. The van der Waals surface area contributed by atoms with Crippen molar-refractivity contribution in [2.24, 2.45) is 0 Å². The van der Waals surface area contributed by atoms with E-state index in [4.69, 9.17) is 0 Å². The number of hydrogen-bond donors (Lipinski definition) is 1. The Bertz CT molecular complexity index is 732. The molecule has 0 bridgehead atoms. The van der Waals surface area contributed by atoms with E-state index in [1.807, 2.05) is 0 Å². The van der Waals surface area contributed by atoms with Gasteiger partial charge in [0.05, 0.1) is 22.9 Å². The Morgan fingerprint density at radius 1 is 1.38 bits per heavy atom. The van der Waals surface area contributed by atoms with Gasteiger partial charge in [0, 0.05) is 6.04 Å². The predicted molar refractivity (Wildman–Crippen MR) is 74.4 cm³/mol. The number of anilines is 1. The van der Waals surface area contributed by atoms with E-state index in [0.29, 0.717) is 18.5 Å². The minimum Gasteiger partial charge on any atom is -0.379 e. The van der Waals surface area contributed by atoms with Crippen LogP contribution in [0.3, 0.4) is 0 Å². The summed E-state index contributed by atoms with van der Waals surface area (Å²) in [5.74, 6) is -0.199. The predicted octanol–water partition coefficient (Wildman–Crippen LogP) is 0.790. The quantitative estimate of drug-likeness (QED) is 0.901. The molecule has 1 N–H and O–H groups in total. The van der Waals surface area contributed by atoms with E-state index in [2.05, 4.69) is 20.8 Å². The first-order valence-corrected chi connectivity index (χ1v) is 8.35. The van der Waals surface area contributed by atoms with Crippen molar-refractivity contribution >= 4 is 15.5 Å². The Balaban J connectivity index is 1.83. The second-order valence-electron chi connectivity index (χ2n) is 5.02. The Hall–Kier alpha value is -2.03. The summed E-state index contributed by atoms with van der Waals surface area (Å²) in [6.07, 6.45) is 2.70. The summed E-state index contributed by atoms with van der Waals surface area (Å²) >= 11 is 0. The summed E-state index contributed by atoms with van der Waals surface area (Å²) in [5, 5.41) is 13.8. The molecule has 1 atom stereocenters. The average Bonchev–Trinajstić information content (AvgIpc) is 2.94. The molecule has 112 valence electrons. The normalized spacial score (nSPS) is 21.1. The minimum atomic E-state index is -3.04. The van der Waals surface area contributed by atoms with Gasteiger partial charge in [0.15, 0.2) is 9.84 Å². The van der Waals surface area contributed by atoms with Gasteiger partial charge in [0.1, 0.15) is 12.1 Å². The van der Waals surface area contributed by atoms with Crippen LogP contribution in [0, 0.1) is 5.82 Å². The van der Waals surface area contributed by atoms with Crippen molar-refractivity contribution in [1.29, 1.82) is 0 Å². The molecule has 2 aromatic rings. The molecule has 1 aromatic heterocycles. The summed E-state index contributed by atoms with van der Waals surface area (Å²) < 4.78 is 38.5. The molecule has 7 nitrogen and oxygen atoms in total. The number of benzene rings is 1. The van der Waals surface area contributed by atoms with Crippen molar-refractivity contribution in [2.75, 3.05) is 16.8 Å². The number of aromatic nitrogens is 4. The van der Waals surface area contributed by atoms with Crippen molar-refractivity contribution < 1.29 is 12.8 Å². The van der Waals surface area contributed by atoms with Crippen LogP contribution in [0.25, 0.3) is 5.69 Å². The van der Waals surface area contributed by atoms with E-state index in [1.54, 1.807) is 12.1 Å². The molecular formula is C12H14FN5O2S. The molecule has 0 aliphatic carbocycles. The molecule has 0 amide bonds. The Morgan fingerprint density at radius 2 is 2.24 bits per heavy atom. The van der Waals surface area contributed by atoms with Gasteiger partial charge in [-0.05, 0) is 41.5 Å². The van der Waals surface area contributed by atoms with Crippen molar-refractivity contribution in [2.45, 2.75) is 18.9 Å². The van der Waals surface area contributed by atoms with Crippen molar-refractivity contribution in [3.8, 4) is 5.69 Å². The average molecular weight is 311 g/mol. The molecule has 9 heteroatoms. The summed E-state index contributed by atoms with van der Waals surface area (Å²) in [5.41, 5.74) is 0.854. The van der Waals surface area contributed by atoms with Gasteiger partial charge < -0.3 is 5.32 Å². The lowest BCUT2D eigenvalue weighted by molar-refractivity contribution is 0.559. The maximum atomic E-state index is 13.9. The van der Waals surface area contributed by atoms with Crippen LogP contribution < -0.4 is 5.32 Å². The van der Waals surface area contributed by atoms with Gasteiger partial charge in [0.25, 0.3) is 0 Å².